The summed E-state index contributed by atoms with van der Waals surface area (Å²) < 4.78 is 28.5. The van der Waals surface area contributed by atoms with Crippen molar-refractivity contribution >= 4 is 62.3 Å². The number of rotatable bonds is 9. The number of para-hydroxylation sites is 1. The van der Waals surface area contributed by atoms with Gasteiger partial charge in [-0.2, -0.15) is 0 Å². The van der Waals surface area contributed by atoms with Crippen molar-refractivity contribution in [1.29, 1.82) is 0 Å². The van der Waals surface area contributed by atoms with Crippen LogP contribution in [0.1, 0.15) is 18.1 Å². The van der Waals surface area contributed by atoms with E-state index in [4.69, 9.17) is 34.8 Å². The first-order valence-electron chi connectivity index (χ1n) is 11.2. The van der Waals surface area contributed by atoms with Gasteiger partial charge in [0.05, 0.1) is 15.6 Å². The predicted octanol–water partition coefficient (Wildman–Crippen LogP) is 5.31. The molecule has 0 heterocycles. The monoisotopic (exact) mass is 581 g/mol. The molecular formula is C26H26Cl3N3O4S. The van der Waals surface area contributed by atoms with Gasteiger partial charge in [-0.25, -0.2) is 8.42 Å². The number of hydrogen-bond donors (Lipinski definition) is 1. The Morgan fingerprint density at radius 1 is 0.892 bits per heavy atom. The van der Waals surface area contributed by atoms with Gasteiger partial charge in [-0.1, -0.05) is 70.7 Å². The quantitative estimate of drug-likeness (QED) is 0.370. The van der Waals surface area contributed by atoms with Crippen LogP contribution in [0.15, 0.2) is 71.6 Å². The smallest absolute Gasteiger partial charge is 0.264 e. The number of nitrogens with one attached hydrogen (secondary N) is 1. The number of halogens is 3. The molecule has 3 rings (SSSR count). The maximum atomic E-state index is 13.8. The van der Waals surface area contributed by atoms with E-state index in [1.807, 2.05) is 6.92 Å². The van der Waals surface area contributed by atoms with E-state index in [1.165, 1.54) is 43.1 Å². The average molecular weight is 583 g/mol. The molecule has 0 bridgehead atoms. The second-order valence-corrected chi connectivity index (χ2v) is 11.4. The molecular weight excluding hydrogens is 557 g/mol. The van der Waals surface area contributed by atoms with E-state index in [9.17, 15) is 18.0 Å². The van der Waals surface area contributed by atoms with E-state index in [2.05, 4.69) is 5.32 Å². The molecule has 0 aliphatic carbocycles. The lowest BCUT2D eigenvalue weighted by molar-refractivity contribution is -0.139. The Kier molecular flexibility index (Phi) is 9.47. The predicted molar refractivity (Wildman–Crippen MR) is 148 cm³/mol. The van der Waals surface area contributed by atoms with Crippen LogP contribution in [-0.4, -0.2) is 44.8 Å². The molecule has 0 radical (unpaired) electrons. The Bertz CT molecular complexity index is 1380. The summed E-state index contributed by atoms with van der Waals surface area (Å²) >= 11 is 19.1. The van der Waals surface area contributed by atoms with Gasteiger partial charge in [-0.15, -0.1) is 0 Å². The highest BCUT2D eigenvalue weighted by Gasteiger charge is 2.33. The maximum Gasteiger partial charge on any atom is 0.264 e. The number of sulfonamides is 1. The topological polar surface area (TPSA) is 86.8 Å². The lowest BCUT2D eigenvalue weighted by Gasteiger charge is -2.32. The van der Waals surface area contributed by atoms with Crippen LogP contribution in [0.25, 0.3) is 0 Å². The molecule has 1 unspecified atom stereocenters. The molecule has 0 saturated heterocycles. The first-order chi connectivity index (χ1) is 17.5. The largest absolute Gasteiger partial charge is 0.357 e. The zero-order chi connectivity index (χ0) is 27.3. The van der Waals surface area contributed by atoms with Gasteiger partial charge in [-0.05, 0) is 50.2 Å². The number of hydrogen-bond acceptors (Lipinski definition) is 4. The molecule has 3 aromatic carbocycles. The summed E-state index contributed by atoms with van der Waals surface area (Å²) in [7, 11) is -2.77. The van der Waals surface area contributed by atoms with Crippen molar-refractivity contribution < 1.29 is 18.0 Å². The molecule has 1 atom stereocenters. The number of amides is 2. The van der Waals surface area contributed by atoms with Crippen LogP contribution in [0.5, 0.6) is 0 Å². The molecule has 0 aromatic heterocycles. The SMILES string of the molecule is CNC(=O)C(C)N(Cc1c(Cl)cccc1Cl)C(=O)CN(c1ccccc1Cl)S(=O)(=O)c1ccc(C)cc1. The van der Waals surface area contributed by atoms with E-state index >= 15 is 0 Å². The third-order valence-electron chi connectivity index (χ3n) is 5.81. The molecule has 0 aliphatic rings. The Labute approximate surface area is 232 Å². The van der Waals surface area contributed by atoms with Crippen LogP contribution >= 0.6 is 34.8 Å². The Balaban J connectivity index is 2.08. The molecule has 7 nitrogen and oxygen atoms in total. The summed E-state index contributed by atoms with van der Waals surface area (Å²) in [5.74, 6) is -1.09. The number of aryl methyl sites for hydroxylation is 1. The van der Waals surface area contributed by atoms with Crippen LogP contribution < -0.4 is 9.62 Å². The highest BCUT2D eigenvalue weighted by atomic mass is 35.5. The summed E-state index contributed by atoms with van der Waals surface area (Å²) in [4.78, 5) is 27.6. The van der Waals surface area contributed by atoms with E-state index in [1.54, 1.807) is 42.5 Å². The zero-order valence-corrected chi connectivity index (χ0v) is 23.5. The summed E-state index contributed by atoms with van der Waals surface area (Å²) in [6.07, 6.45) is 0. The van der Waals surface area contributed by atoms with E-state index in [-0.39, 0.29) is 22.2 Å². The number of benzene rings is 3. The minimum Gasteiger partial charge on any atom is -0.357 e. The molecule has 0 fully saturated rings. The number of anilines is 1. The Hall–Kier alpha value is -2.78. The highest BCUT2D eigenvalue weighted by molar-refractivity contribution is 7.92. The normalized spacial score (nSPS) is 12.1. The van der Waals surface area contributed by atoms with Crippen LogP contribution in [-0.2, 0) is 26.2 Å². The fourth-order valence-electron chi connectivity index (χ4n) is 3.65. The summed E-state index contributed by atoms with van der Waals surface area (Å²) in [6, 6.07) is 16.5. The molecule has 3 aromatic rings. The van der Waals surface area contributed by atoms with Crippen molar-refractivity contribution in [2.75, 3.05) is 17.9 Å². The molecule has 196 valence electrons. The molecule has 37 heavy (non-hydrogen) atoms. The molecule has 11 heteroatoms. The molecule has 0 aliphatic heterocycles. The third-order valence-corrected chi connectivity index (χ3v) is 8.61. The van der Waals surface area contributed by atoms with E-state index in [0.29, 0.717) is 15.6 Å². The lowest BCUT2D eigenvalue weighted by Crippen LogP contribution is -2.50. The first-order valence-corrected chi connectivity index (χ1v) is 13.8. The maximum absolute atomic E-state index is 13.8. The van der Waals surface area contributed by atoms with Crippen LogP contribution in [0, 0.1) is 6.92 Å². The number of likely N-dealkylation sites (N-methyl/N-ethyl adjacent to an activating group) is 1. The van der Waals surface area contributed by atoms with Gasteiger partial charge in [0.1, 0.15) is 12.6 Å². The molecule has 2 amide bonds. The highest BCUT2D eigenvalue weighted by Crippen LogP contribution is 2.31. The second kappa shape index (κ2) is 12.2. The summed E-state index contributed by atoms with van der Waals surface area (Å²) in [5.41, 5.74) is 1.43. The number of nitrogens with zero attached hydrogens (tertiary/aromatic N) is 2. The van der Waals surface area contributed by atoms with Crippen LogP contribution in [0.2, 0.25) is 15.1 Å². The van der Waals surface area contributed by atoms with Crippen molar-refractivity contribution in [1.82, 2.24) is 10.2 Å². The van der Waals surface area contributed by atoms with Crippen molar-refractivity contribution in [3.8, 4) is 0 Å². The average Bonchev–Trinajstić information content (AvgIpc) is 2.87. The fourth-order valence-corrected chi connectivity index (χ4v) is 5.89. The van der Waals surface area contributed by atoms with Crippen molar-refractivity contribution in [3.63, 3.8) is 0 Å². The van der Waals surface area contributed by atoms with Gasteiger partial charge >= 0.3 is 0 Å². The Morgan fingerprint density at radius 3 is 2.03 bits per heavy atom. The van der Waals surface area contributed by atoms with Crippen LogP contribution in [0.4, 0.5) is 5.69 Å². The minimum atomic E-state index is -4.21. The minimum absolute atomic E-state index is 0.00846. The summed E-state index contributed by atoms with van der Waals surface area (Å²) in [5, 5.41) is 3.28. The molecule has 1 N–H and O–H groups in total. The Morgan fingerprint density at radius 2 is 1.46 bits per heavy atom. The lowest BCUT2D eigenvalue weighted by atomic mass is 10.1. The zero-order valence-electron chi connectivity index (χ0n) is 20.4. The van der Waals surface area contributed by atoms with E-state index in [0.717, 1.165) is 9.87 Å². The van der Waals surface area contributed by atoms with Gasteiger partial charge in [-0.3, -0.25) is 13.9 Å². The number of carbonyl (C=O) groups is 2. The van der Waals surface area contributed by atoms with Gasteiger partial charge in [0.15, 0.2) is 0 Å². The fraction of sp³-hybridized carbons (Fsp3) is 0.231. The van der Waals surface area contributed by atoms with Gasteiger partial charge in [0.25, 0.3) is 10.0 Å². The molecule has 0 spiro atoms. The standard InChI is InChI=1S/C26H26Cl3N3O4S/c1-17-11-13-19(14-12-17)37(35,36)32(24-10-5-4-7-23(24)29)16-25(33)31(18(2)26(34)30-3)15-20-21(27)8-6-9-22(20)28/h4-14,18H,15-16H2,1-3H3,(H,30,34). The van der Waals surface area contributed by atoms with Gasteiger partial charge in [0.2, 0.25) is 11.8 Å². The van der Waals surface area contributed by atoms with Crippen molar-refractivity contribution in [2.45, 2.75) is 31.3 Å². The third kappa shape index (κ3) is 6.57. The number of carbonyl (C=O) groups excluding carboxylic acids is 2. The first kappa shape index (κ1) is 28.8. The van der Waals surface area contributed by atoms with Gasteiger partial charge < -0.3 is 10.2 Å². The van der Waals surface area contributed by atoms with E-state index < -0.39 is 34.4 Å². The summed E-state index contributed by atoms with van der Waals surface area (Å²) in [6.45, 7) is 2.63. The van der Waals surface area contributed by atoms with Gasteiger partial charge in [0, 0.05) is 29.2 Å². The molecule has 0 saturated carbocycles. The second-order valence-electron chi connectivity index (χ2n) is 8.29. The van der Waals surface area contributed by atoms with Crippen molar-refractivity contribution in [2.24, 2.45) is 0 Å². The van der Waals surface area contributed by atoms with Crippen LogP contribution in [0.3, 0.4) is 0 Å². The van der Waals surface area contributed by atoms with Crippen molar-refractivity contribution in [3.05, 3.63) is 92.9 Å².